The van der Waals surface area contributed by atoms with Crippen molar-refractivity contribution in [1.29, 1.82) is 5.26 Å². The van der Waals surface area contributed by atoms with Crippen LogP contribution in [0, 0.1) is 17.2 Å². The summed E-state index contributed by atoms with van der Waals surface area (Å²) in [5, 5.41) is 11.8. The topological polar surface area (TPSA) is 101 Å². The van der Waals surface area contributed by atoms with Gasteiger partial charge in [-0.1, -0.05) is 12.1 Å². The first kappa shape index (κ1) is 17.3. The zero-order valence-corrected chi connectivity index (χ0v) is 14.4. The molecule has 0 aliphatic rings. The molecule has 0 fully saturated rings. The first-order chi connectivity index (χ1) is 12.5. The van der Waals surface area contributed by atoms with E-state index in [0.717, 1.165) is 11.0 Å². The normalized spacial score (nSPS) is 11.9. The van der Waals surface area contributed by atoms with Crippen LogP contribution in [-0.2, 0) is 4.79 Å². The van der Waals surface area contributed by atoms with Gasteiger partial charge >= 0.3 is 0 Å². The van der Waals surface area contributed by atoms with Gasteiger partial charge in [0.15, 0.2) is 11.7 Å². The first-order valence-corrected chi connectivity index (χ1v) is 8.14. The molecule has 130 valence electrons. The van der Waals surface area contributed by atoms with Crippen LogP contribution in [0.2, 0.25) is 0 Å². The van der Waals surface area contributed by atoms with E-state index in [9.17, 15) is 14.9 Å². The van der Waals surface area contributed by atoms with Gasteiger partial charge in [0.2, 0.25) is 5.91 Å². The number of amides is 1. The van der Waals surface area contributed by atoms with Crippen molar-refractivity contribution in [1.82, 2.24) is 19.9 Å². The maximum atomic E-state index is 12.5. The van der Waals surface area contributed by atoms with Crippen molar-refractivity contribution in [3.63, 3.8) is 0 Å². The SMILES string of the molecule is CC(C)NC(=O)[C@H](C#N)C(=O)c1ccc(-n2cnc3ccccc32)nc1. The van der Waals surface area contributed by atoms with Crippen LogP contribution < -0.4 is 5.32 Å². The number of benzene rings is 1. The number of Topliss-reactive ketones (excluding diaryl/α,β-unsaturated/α-hetero) is 1. The molecule has 0 unspecified atom stereocenters. The summed E-state index contributed by atoms with van der Waals surface area (Å²) in [6.07, 6.45) is 3.03. The van der Waals surface area contributed by atoms with Gasteiger partial charge in [-0.3, -0.25) is 14.2 Å². The van der Waals surface area contributed by atoms with Gasteiger partial charge in [-0.05, 0) is 38.1 Å². The summed E-state index contributed by atoms with van der Waals surface area (Å²) in [6.45, 7) is 3.53. The average Bonchev–Trinajstić information content (AvgIpc) is 3.06. The Bertz CT molecular complexity index is 999. The number of rotatable bonds is 5. The minimum absolute atomic E-state index is 0.152. The fourth-order valence-electron chi connectivity index (χ4n) is 2.59. The van der Waals surface area contributed by atoms with Crippen LogP contribution >= 0.6 is 0 Å². The number of nitriles is 1. The van der Waals surface area contributed by atoms with Gasteiger partial charge in [0, 0.05) is 17.8 Å². The van der Waals surface area contributed by atoms with E-state index in [1.54, 1.807) is 42.9 Å². The van der Waals surface area contributed by atoms with Crippen molar-refractivity contribution in [3.05, 3.63) is 54.5 Å². The molecule has 26 heavy (non-hydrogen) atoms. The number of imidazole rings is 1. The van der Waals surface area contributed by atoms with Crippen molar-refractivity contribution in [2.24, 2.45) is 5.92 Å². The Kier molecular flexibility index (Phi) is 4.76. The number of carbonyl (C=O) groups excluding carboxylic acids is 2. The lowest BCUT2D eigenvalue weighted by molar-refractivity contribution is -0.122. The molecule has 1 N–H and O–H groups in total. The molecule has 2 heterocycles. The number of fused-ring (bicyclic) bond motifs is 1. The van der Waals surface area contributed by atoms with E-state index in [-0.39, 0.29) is 11.6 Å². The fourth-order valence-corrected chi connectivity index (χ4v) is 2.59. The van der Waals surface area contributed by atoms with E-state index < -0.39 is 17.6 Å². The second-order valence-electron chi connectivity index (χ2n) is 6.10. The van der Waals surface area contributed by atoms with Crippen LogP contribution in [0.25, 0.3) is 16.9 Å². The number of pyridine rings is 1. The van der Waals surface area contributed by atoms with Gasteiger partial charge in [0.25, 0.3) is 0 Å². The Morgan fingerprint density at radius 1 is 1.15 bits per heavy atom. The fraction of sp³-hybridized carbons (Fsp3) is 0.211. The van der Waals surface area contributed by atoms with Gasteiger partial charge in [0.1, 0.15) is 12.1 Å². The molecule has 0 aliphatic heterocycles. The monoisotopic (exact) mass is 347 g/mol. The van der Waals surface area contributed by atoms with Crippen LogP contribution in [0.1, 0.15) is 24.2 Å². The van der Waals surface area contributed by atoms with Gasteiger partial charge in [-0.2, -0.15) is 5.26 Å². The minimum atomic E-state index is -1.39. The highest BCUT2D eigenvalue weighted by molar-refractivity contribution is 6.12. The predicted molar refractivity (Wildman–Crippen MR) is 95.6 cm³/mol. The molecule has 0 saturated heterocycles. The molecule has 0 bridgehead atoms. The number of para-hydroxylation sites is 2. The lowest BCUT2D eigenvalue weighted by Crippen LogP contribution is -2.38. The Morgan fingerprint density at radius 3 is 2.58 bits per heavy atom. The molecule has 1 amide bonds. The van der Waals surface area contributed by atoms with Crippen molar-refractivity contribution >= 4 is 22.7 Å². The van der Waals surface area contributed by atoms with Gasteiger partial charge in [0.05, 0.1) is 17.1 Å². The van der Waals surface area contributed by atoms with Crippen molar-refractivity contribution < 1.29 is 9.59 Å². The van der Waals surface area contributed by atoms with E-state index >= 15 is 0 Å². The van der Waals surface area contributed by atoms with Crippen molar-refractivity contribution in [3.8, 4) is 11.9 Å². The Hall–Kier alpha value is -3.53. The molecule has 1 atom stereocenters. The molecular weight excluding hydrogens is 330 g/mol. The Labute approximate surface area is 150 Å². The zero-order valence-electron chi connectivity index (χ0n) is 14.4. The maximum Gasteiger partial charge on any atom is 0.245 e. The minimum Gasteiger partial charge on any atom is -0.352 e. The summed E-state index contributed by atoms with van der Waals surface area (Å²) < 4.78 is 1.80. The van der Waals surface area contributed by atoms with Crippen LogP contribution in [0.5, 0.6) is 0 Å². The van der Waals surface area contributed by atoms with Crippen LogP contribution in [0.3, 0.4) is 0 Å². The van der Waals surface area contributed by atoms with E-state index in [2.05, 4.69) is 15.3 Å². The number of hydrogen-bond donors (Lipinski definition) is 1. The third-order valence-corrected chi connectivity index (χ3v) is 3.82. The van der Waals surface area contributed by atoms with E-state index in [1.807, 2.05) is 24.3 Å². The largest absolute Gasteiger partial charge is 0.352 e. The predicted octanol–water partition coefficient (Wildman–Crippen LogP) is 2.27. The van der Waals surface area contributed by atoms with E-state index in [4.69, 9.17) is 0 Å². The third-order valence-electron chi connectivity index (χ3n) is 3.82. The highest BCUT2D eigenvalue weighted by Gasteiger charge is 2.28. The highest BCUT2D eigenvalue weighted by atomic mass is 16.2. The molecule has 7 nitrogen and oxygen atoms in total. The lowest BCUT2D eigenvalue weighted by Gasteiger charge is -2.12. The number of ketones is 1. The summed E-state index contributed by atoms with van der Waals surface area (Å²) in [7, 11) is 0. The summed E-state index contributed by atoms with van der Waals surface area (Å²) in [6, 6.07) is 12.5. The number of aromatic nitrogens is 3. The third kappa shape index (κ3) is 3.30. The van der Waals surface area contributed by atoms with E-state index in [0.29, 0.717) is 5.82 Å². The highest BCUT2D eigenvalue weighted by Crippen LogP contribution is 2.17. The summed E-state index contributed by atoms with van der Waals surface area (Å²) in [5.74, 6) is -1.97. The van der Waals surface area contributed by atoms with Crippen LogP contribution in [-0.4, -0.2) is 32.3 Å². The van der Waals surface area contributed by atoms with Gasteiger partial charge in [-0.25, -0.2) is 9.97 Å². The Balaban J connectivity index is 1.86. The zero-order chi connectivity index (χ0) is 18.7. The molecule has 3 aromatic rings. The standard InChI is InChI=1S/C19H17N5O2/c1-12(2)23-19(26)14(9-20)18(25)13-7-8-17(21-10-13)24-11-22-15-5-3-4-6-16(15)24/h3-8,10-12,14H,1-2H3,(H,23,26)/t14-/m1/s1. The maximum absolute atomic E-state index is 12.5. The number of carbonyl (C=O) groups is 2. The number of hydrogen-bond acceptors (Lipinski definition) is 5. The molecule has 7 heteroatoms. The number of nitrogens with zero attached hydrogens (tertiary/aromatic N) is 4. The van der Waals surface area contributed by atoms with Crippen LogP contribution in [0.15, 0.2) is 48.9 Å². The molecule has 2 aromatic heterocycles. The number of nitrogens with one attached hydrogen (secondary N) is 1. The second kappa shape index (κ2) is 7.15. The molecule has 1 aromatic carbocycles. The summed E-state index contributed by atoms with van der Waals surface area (Å²) in [5.41, 5.74) is 1.94. The van der Waals surface area contributed by atoms with Gasteiger partial charge in [-0.15, -0.1) is 0 Å². The summed E-state index contributed by atoms with van der Waals surface area (Å²) >= 11 is 0. The van der Waals surface area contributed by atoms with Crippen molar-refractivity contribution in [2.45, 2.75) is 19.9 Å². The molecule has 3 rings (SSSR count). The first-order valence-electron chi connectivity index (χ1n) is 8.14. The van der Waals surface area contributed by atoms with Crippen molar-refractivity contribution in [2.75, 3.05) is 0 Å². The van der Waals surface area contributed by atoms with Crippen LogP contribution in [0.4, 0.5) is 0 Å². The lowest BCUT2D eigenvalue weighted by atomic mass is 9.99. The molecule has 0 radical (unpaired) electrons. The summed E-state index contributed by atoms with van der Waals surface area (Å²) in [4.78, 5) is 33.1. The van der Waals surface area contributed by atoms with E-state index in [1.165, 1.54) is 6.20 Å². The smallest absolute Gasteiger partial charge is 0.245 e. The molecule has 0 spiro atoms. The average molecular weight is 347 g/mol. The second-order valence-corrected chi connectivity index (χ2v) is 6.10. The Morgan fingerprint density at radius 2 is 1.92 bits per heavy atom. The van der Waals surface area contributed by atoms with Gasteiger partial charge < -0.3 is 5.32 Å². The quantitative estimate of drug-likeness (QED) is 0.563. The molecule has 0 aliphatic carbocycles. The molecular formula is C19H17N5O2. The molecule has 0 saturated carbocycles.